The minimum Gasteiger partial charge on any atom is -0.354 e. The number of thiazole rings is 1. The molecule has 0 aliphatic rings. The van der Waals surface area contributed by atoms with Gasteiger partial charge in [-0.05, 0) is 6.42 Å². The lowest BCUT2D eigenvalue weighted by Gasteiger charge is -2.06. The molecule has 0 aliphatic carbocycles. The van der Waals surface area contributed by atoms with Crippen molar-refractivity contribution in [3.8, 4) is 0 Å². The van der Waals surface area contributed by atoms with E-state index in [1.165, 1.54) is 12.4 Å². The first-order valence-electron chi connectivity index (χ1n) is 6.23. The molecular formula is C11H15N5O3S2. The monoisotopic (exact) mass is 329 g/mol. The lowest BCUT2D eigenvalue weighted by atomic mass is 10.5. The second-order valence-electron chi connectivity index (χ2n) is 4.17. The second kappa shape index (κ2) is 6.78. The fraction of sp³-hybridized carbons (Fsp3) is 0.364. The molecule has 0 aromatic carbocycles. The molecule has 0 saturated heterocycles. The van der Waals surface area contributed by atoms with Gasteiger partial charge < -0.3 is 10.3 Å². The molecule has 8 nitrogen and oxygen atoms in total. The van der Waals surface area contributed by atoms with E-state index in [2.05, 4.69) is 25.0 Å². The van der Waals surface area contributed by atoms with Crippen LogP contribution in [0, 0.1) is 0 Å². The predicted molar refractivity (Wildman–Crippen MR) is 79.8 cm³/mol. The third kappa shape index (κ3) is 4.34. The van der Waals surface area contributed by atoms with E-state index in [0.717, 1.165) is 24.3 Å². The van der Waals surface area contributed by atoms with E-state index in [0.29, 0.717) is 11.6 Å². The van der Waals surface area contributed by atoms with Crippen molar-refractivity contribution in [1.29, 1.82) is 0 Å². The first-order valence-corrected chi connectivity index (χ1v) is 8.60. The van der Waals surface area contributed by atoms with Crippen molar-refractivity contribution in [2.24, 2.45) is 0 Å². The zero-order valence-electron chi connectivity index (χ0n) is 11.3. The molecule has 0 fully saturated rings. The normalized spacial score (nSPS) is 11.5. The smallest absolute Gasteiger partial charge is 0.304 e. The van der Waals surface area contributed by atoms with Crippen molar-refractivity contribution in [3.63, 3.8) is 0 Å². The number of nitrogens with one attached hydrogen (secondary N) is 3. The van der Waals surface area contributed by atoms with Crippen molar-refractivity contribution < 1.29 is 8.42 Å². The van der Waals surface area contributed by atoms with Crippen molar-refractivity contribution in [2.45, 2.75) is 24.8 Å². The first kappa shape index (κ1) is 15.6. The molecule has 2 rings (SSSR count). The van der Waals surface area contributed by atoms with Crippen LogP contribution in [0.15, 0.2) is 27.5 Å². The van der Waals surface area contributed by atoms with Crippen LogP contribution in [0.2, 0.25) is 0 Å². The van der Waals surface area contributed by atoms with Crippen LogP contribution < -0.4 is 14.9 Å². The summed E-state index contributed by atoms with van der Waals surface area (Å²) < 4.78 is 26.5. The van der Waals surface area contributed by atoms with Gasteiger partial charge >= 0.3 is 4.87 Å². The molecule has 10 heteroatoms. The van der Waals surface area contributed by atoms with E-state index in [1.807, 2.05) is 6.92 Å². The molecule has 114 valence electrons. The molecule has 21 heavy (non-hydrogen) atoms. The summed E-state index contributed by atoms with van der Waals surface area (Å²) in [4.78, 5) is 21.1. The molecule has 0 atom stereocenters. The Labute approximate surface area is 125 Å². The molecule has 0 radical (unpaired) electrons. The van der Waals surface area contributed by atoms with Crippen LogP contribution in [0.25, 0.3) is 0 Å². The van der Waals surface area contributed by atoms with Crippen molar-refractivity contribution in [1.82, 2.24) is 19.7 Å². The van der Waals surface area contributed by atoms with Crippen LogP contribution in [-0.4, -0.2) is 29.9 Å². The van der Waals surface area contributed by atoms with Gasteiger partial charge in [0.1, 0.15) is 4.90 Å². The largest absolute Gasteiger partial charge is 0.354 e. The van der Waals surface area contributed by atoms with Crippen molar-refractivity contribution in [3.05, 3.63) is 33.1 Å². The molecule has 0 saturated carbocycles. The van der Waals surface area contributed by atoms with E-state index in [-0.39, 0.29) is 16.3 Å². The van der Waals surface area contributed by atoms with Gasteiger partial charge in [-0.3, -0.25) is 4.79 Å². The SMILES string of the molecule is CCCNc1ncc(S(=O)(=O)NCc2csc(=O)[nH]2)cn1. The predicted octanol–water partition coefficient (Wildman–Crippen LogP) is 0.527. The molecular weight excluding hydrogens is 314 g/mol. The van der Waals surface area contributed by atoms with Gasteiger partial charge in [0.15, 0.2) is 0 Å². The van der Waals surface area contributed by atoms with E-state index in [9.17, 15) is 13.2 Å². The topological polar surface area (TPSA) is 117 Å². The molecule has 0 bridgehead atoms. The summed E-state index contributed by atoms with van der Waals surface area (Å²) in [7, 11) is -3.71. The second-order valence-corrected chi connectivity index (χ2v) is 6.78. The van der Waals surface area contributed by atoms with Crippen molar-refractivity contribution >= 4 is 27.3 Å². The third-order valence-electron chi connectivity index (χ3n) is 2.50. The van der Waals surface area contributed by atoms with Gasteiger partial charge in [-0.2, -0.15) is 0 Å². The van der Waals surface area contributed by atoms with Gasteiger partial charge in [0.05, 0.1) is 18.9 Å². The van der Waals surface area contributed by atoms with Gasteiger partial charge in [-0.1, -0.05) is 18.3 Å². The number of aromatic amines is 1. The summed E-state index contributed by atoms with van der Waals surface area (Å²) in [6, 6.07) is 0. The first-order chi connectivity index (χ1) is 10.0. The number of nitrogens with zero attached hydrogens (tertiary/aromatic N) is 2. The number of aromatic nitrogens is 3. The maximum Gasteiger partial charge on any atom is 0.304 e. The molecule has 0 spiro atoms. The van der Waals surface area contributed by atoms with Gasteiger partial charge in [-0.15, -0.1) is 0 Å². The number of sulfonamides is 1. The van der Waals surface area contributed by atoms with E-state index >= 15 is 0 Å². The van der Waals surface area contributed by atoms with Crippen LogP contribution in [-0.2, 0) is 16.6 Å². The lowest BCUT2D eigenvalue weighted by Crippen LogP contribution is -2.24. The summed E-state index contributed by atoms with van der Waals surface area (Å²) in [5.41, 5.74) is 0.510. The number of anilines is 1. The number of H-pyrrole nitrogens is 1. The fourth-order valence-electron chi connectivity index (χ4n) is 1.44. The van der Waals surface area contributed by atoms with Crippen LogP contribution in [0.5, 0.6) is 0 Å². The molecule has 2 heterocycles. The average molecular weight is 329 g/mol. The van der Waals surface area contributed by atoms with Crippen LogP contribution in [0.4, 0.5) is 5.95 Å². The standard InChI is InChI=1S/C11H15N5O3S2/c1-2-3-12-10-13-5-9(6-14-10)21(18,19)15-4-8-7-20-11(17)16-8/h5-7,15H,2-4H2,1H3,(H,16,17)(H,12,13,14). The Bertz CT molecular complexity index is 736. The molecule has 0 amide bonds. The fourth-order valence-corrected chi connectivity index (χ4v) is 2.92. The Morgan fingerprint density at radius 2 is 2.05 bits per heavy atom. The van der Waals surface area contributed by atoms with Crippen LogP contribution in [0.1, 0.15) is 19.0 Å². The zero-order valence-corrected chi connectivity index (χ0v) is 12.9. The number of rotatable bonds is 7. The number of hydrogen-bond donors (Lipinski definition) is 3. The van der Waals surface area contributed by atoms with E-state index < -0.39 is 10.0 Å². The summed E-state index contributed by atoms with van der Waals surface area (Å²) in [5.74, 6) is 0.387. The minimum atomic E-state index is -3.71. The molecule has 3 N–H and O–H groups in total. The average Bonchev–Trinajstić information content (AvgIpc) is 2.89. The van der Waals surface area contributed by atoms with Crippen LogP contribution >= 0.6 is 11.3 Å². The summed E-state index contributed by atoms with van der Waals surface area (Å²) in [6.07, 6.45) is 3.40. The van der Waals surface area contributed by atoms with Gasteiger partial charge in [-0.25, -0.2) is 23.1 Å². The Hall–Kier alpha value is -1.78. The van der Waals surface area contributed by atoms with Gasteiger partial charge in [0.2, 0.25) is 16.0 Å². The van der Waals surface area contributed by atoms with Crippen molar-refractivity contribution in [2.75, 3.05) is 11.9 Å². The van der Waals surface area contributed by atoms with Crippen LogP contribution in [0.3, 0.4) is 0 Å². The highest BCUT2D eigenvalue weighted by atomic mass is 32.2. The maximum absolute atomic E-state index is 12.0. The van der Waals surface area contributed by atoms with E-state index in [4.69, 9.17) is 0 Å². The molecule has 0 unspecified atom stereocenters. The molecule has 2 aromatic heterocycles. The Morgan fingerprint density at radius 1 is 1.33 bits per heavy atom. The van der Waals surface area contributed by atoms with Gasteiger partial charge in [0, 0.05) is 17.6 Å². The summed E-state index contributed by atoms with van der Waals surface area (Å²) in [5, 5.41) is 4.53. The van der Waals surface area contributed by atoms with Gasteiger partial charge in [0.25, 0.3) is 0 Å². The summed E-state index contributed by atoms with van der Waals surface area (Å²) in [6.45, 7) is 2.73. The Kier molecular flexibility index (Phi) is 5.04. The highest BCUT2D eigenvalue weighted by Gasteiger charge is 2.15. The lowest BCUT2D eigenvalue weighted by molar-refractivity contribution is 0.579. The highest BCUT2D eigenvalue weighted by molar-refractivity contribution is 7.89. The molecule has 0 aliphatic heterocycles. The highest BCUT2D eigenvalue weighted by Crippen LogP contribution is 2.08. The zero-order chi connectivity index (χ0) is 15.3. The Balaban J connectivity index is 2.03. The quantitative estimate of drug-likeness (QED) is 0.682. The number of hydrogen-bond acceptors (Lipinski definition) is 7. The minimum absolute atomic E-state index is 0.0108. The summed E-state index contributed by atoms with van der Waals surface area (Å²) >= 11 is 0.981. The molecule has 2 aromatic rings. The Morgan fingerprint density at radius 3 is 2.62 bits per heavy atom. The maximum atomic E-state index is 12.0. The van der Waals surface area contributed by atoms with E-state index in [1.54, 1.807) is 5.38 Å². The third-order valence-corrected chi connectivity index (χ3v) is 4.57.